The number of amides is 4. The highest BCUT2D eigenvalue weighted by atomic mass is 32.2. The Balaban J connectivity index is 0.800. The highest BCUT2D eigenvalue weighted by Crippen LogP contribution is 2.39. The van der Waals surface area contributed by atoms with Crippen molar-refractivity contribution in [3.05, 3.63) is 59.3 Å². The summed E-state index contributed by atoms with van der Waals surface area (Å²) >= 11 is 0. The molecule has 0 saturated carbocycles. The first kappa shape index (κ1) is 48.3. The molecule has 1 fully saturated rings. The Morgan fingerprint density at radius 3 is 1.95 bits per heavy atom. The number of imide groups is 2. The normalized spacial score (nSPS) is 15.3. The van der Waals surface area contributed by atoms with Crippen molar-refractivity contribution >= 4 is 45.2 Å². The number of hydrogen-bond acceptors (Lipinski definition) is 18. The molecule has 4 aromatic rings. The van der Waals surface area contributed by atoms with Crippen molar-refractivity contribution in [2.45, 2.75) is 30.0 Å². The maximum atomic E-state index is 14.0. The summed E-state index contributed by atoms with van der Waals surface area (Å²) in [5.41, 5.74) is -1.22. The van der Waals surface area contributed by atoms with Gasteiger partial charge in [-0.05, 0) is 36.8 Å². The van der Waals surface area contributed by atoms with Gasteiger partial charge in [-0.3, -0.25) is 29.4 Å². The van der Waals surface area contributed by atoms with Crippen molar-refractivity contribution in [1.29, 1.82) is 0 Å². The van der Waals surface area contributed by atoms with E-state index in [1.165, 1.54) is 32.5 Å². The van der Waals surface area contributed by atoms with Gasteiger partial charge in [-0.1, -0.05) is 6.07 Å². The maximum absolute atomic E-state index is 14.0. The summed E-state index contributed by atoms with van der Waals surface area (Å²) in [7, 11) is -2.40. The number of carbonyl (C=O) groups excluding carboxylic acids is 4. The number of hydrogen-bond donors (Lipinski definition) is 2. The van der Waals surface area contributed by atoms with Crippen LogP contribution in [0, 0.1) is 0 Å². The average molecular weight is 940 g/mol. The number of sulfonamides is 1. The van der Waals surface area contributed by atoms with Crippen LogP contribution in [-0.2, 0) is 49.5 Å². The van der Waals surface area contributed by atoms with Crippen molar-refractivity contribution in [3.8, 4) is 23.3 Å². The van der Waals surface area contributed by atoms with Crippen LogP contribution in [-0.4, -0.2) is 156 Å². The topological polar surface area (TPSA) is 256 Å². The molecule has 0 aliphatic carbocycles. The number of aromatic nitrogens is 4. The fourth-order valence-electron chi connectivity index (χ4n) is 6.41. The number of ether oxygens (including phenoxy) is 9. The van der Waals surface area contributed by atoms with Crippen molar-refractivity contribution in [2.75, 3.05) is 98.2 Å². The first-order chi connectivity index (χ1) is 31.2. The van der Waals surface area contributed by atoms with Crippen LogP contribution < -0.4 is 29.0 Å². The molecule has 65 heavy (non-hydrogen) atoms. The van der Waals surface area contributed by atoms with Crippen molar-refractivity contribution < 1.29 is 83.4 Å². The Hall–Kier alpha value is -6.19. The minimum atomic E-state index is -5.07. The number of carbonyl (C=O) groups is 4. The molecule has 26 heteroatoms. The molecule has 1 saturated heterocycles. The molecular weight excluding hydrogens is 896 g/mol. The van der Waals surface area contributed by atoms with Gasteiger partial charge in [0.05, 0.1) is 103 Å². The summed E-state index contributed by atoms with van der Waals surface area (Å²) in [5, 5.41) is 6.11. The summed E-state index contributed by atoms with van der Waals surface area (Å²) < 4.78 is 121. The van der Waals surface area contributed by atoms with Gasteiger partial charge in [-0.25, -0.2) is 13.1 Å². The minimum absolute atomic E-state index is 0.0139. The number of anilines is 1. The van der Waals surface area contributed by atoms with Crippen LogP contribution in [0.5, 0.6) is 23.3 Å². The first-order valence-corrected chi connectivity index (χ1v) is 21.3. The molecule has 2 aliphatic rings. The van der Waals surface area contributed by atoms with Crippen LogP contribution in [0.2, 0.25) is 0 Å². The van der Waals surface area contributed by atoms with E-state index < -0.39 is 68.0 Å². The summed E-state index contributed by atoms with van der Waals surface area (Å²) in [6.45, 7) is 1.91. The molecule has 2 aromatic heterocycles. The van der Waals surface area contributed by atoms with Gasteiger partial charge in [0.1, 0.15) is 35.7 Å². The van der Waals surface area contributed by atoms with Crippen LogP contribution in [0.1, 0.15) is 39.1 Å². The maximum Gasteiger partial charge on any atom is 0.417 e. The SMILES string of the molecule is COc1cnc(OC)n2nc(NS(=O)(=O)c3c(OCCOCCOCCOCCOCCOCCOc4ccc5c(c4)C(=O)N(C4CCC(=O)NC4=O)C5=O)cccc3C(F)(F)F)nc12. The van der Waals surface area contributed by atoms with Crippen molar-refractivity contribution in [1.82, 2.24) is 29.8 Å². The number of benzene rings is 2. The predicted molar refractivity (Wildman–Crippen MR) is 214 cm³/mol. The Morgan fingerprint density at radius 1 is 0.769 bits per heavy atom. The molecule has 0 spiro atoms. The zero-order chi connectivity index (χ0) is 46.6. The molecule has 2 aromatic carbocycles. The van der Waals surface area contributed by atoms with E-state index in [4.69, 9.17) is 42.6 Å². The van der Waals surface area contributed by atoms with Crippen LogP contribution in [0.15, 0.2) is 47.5 Å². The van der Waals surface area contributed by atoms with Crippen LogP contribution in [0.4, 0.5) is 19.1 Å². The molecule has 2 N–H and O–H groups in total. The molecule has 22 nitrogen and oxygen atoms in total. The summed E-state index contributed by atoms with van der Waals surface area (Å²) in [5.74, 6) is -3.10. The lowest BCUT2D eigenvalue weighted by atomic mass is 10.0. The third-order valence-corrected chi connectivity index (χ3v) is 10.8. The number of piperidine rings is 1. The minimum Gasteiger partial charge on any atom is -0.491 e. The molecule has 1 unspecified atom stereocenters. The summed E-state index contributed by atoms with van der Waals surface area (Å²) in [6, 6.07) is 5.99. The van der Waals surface area contributed by atoms with Gasteiger partial charge in [0, 0.05) is 6.42 Å². The fraction of sp³-hybridized carbons (Fsp3) is 0.462. The molecule has 2 aliphatic heterocycles. The van der Waals surface area contributed by atoms with E-state index in [1.54, 1.807) is 6.07 Å². The second-order valence-electron chi connectivity index (χ2n) is 13.6. The fourth-order valence-corrected chi connectivity index (χ4v) is 7.70. The molecule has 1 atom stereocenters. The number of nitrogens with one attached hydrogen (secondary N) is 2. The summed E-state index contributed by atoms with van der Waals surface area (Å²) in [4.78, 5) is 57.2. The van der Waals surface area contributed by atoms with Crippen molar-refractivity contribution in [3.63, 3.8) is 0 Å². The van der Waals surface area contributed by atoms with Crippen LogP contribution >= 0.6 is 0 Å². The lowest BCUT2D eigenvalue weighted by Crippen LogP contribution is -2.54. The third-order valence-electron chi connectivity index (χ3n) is 9.36. The number of alkyl halides is 3. The van der Waals surface area contributed by atoms with Gasteiger partial charge < -0.3 is 42.6 Å². The Morgan fingerprint density at radius 2 is 1.37 bits per heavy atom. The number of rotatable bonds is 26. The Bertz CT molecular complexity index is 2410. The van der Waals surface area contributed by atoms with Gasteiger partial charge in [0.2, 0.25) is 17.5 Å². The van der Waals surface area contributed by atoms with E-state index in [1.807, 2.05) is 4.72 Å². The third kappa shape index (κ3) is 12.1. The predicted octanol–water partition coefficient (Wildman–Crippen LogP) is 1.90. The highest BCUT2D eigenvalue weighted by Gasteiger charge is 2.45. The smallest absolute Gasteiger partial charge is 0.417 e. The molecule has 6 rings (SSSR count). The largest absolute Gasteiger partial charge is 0.491 e. The lowest BCUT2D eigenvalue weighted by molar-refractivity contribution is -0.140. The van der Waals surface area contributed by atoms with E-state index >= 15 is 0 Å². The van der Waals surface area contributed by atoms with Gasteiger partial charge in [0.15, 0.2) is 5.75 Å². The van der Waals surface area contributed by atoms with Gasteiger partial charge >= 0.3 is 12.2 Å². The monoisotopic (exact) mass is 939 g/mol. The van der Waals surface area contributed by atoms with E-state index in [0.717, 1.165) is 21.5 Å². The molecule has 4 amide bonds. The molecule has 0 bridgehead atoms. The van der Waals surface area contributed by atoms with Crippen LogP contribution in [0.3, 0.4) is 0 Å². The van der Waals surface area contributed by atoms with Crippen molar-refractivity contribution in [2.24, 2.45) is 0 Å². The number of fused-ring (bicyclic) bond motifs is 2. The Labute approximate surface area is 368 Å². The highest BCUT2D eigenvalue weighted by molar-refractivity contribution is 7.92. The lowest BCUT2D eigenvalue weighted by Gasteiger charge is -2.27. The molecular formula is C39H44F3N7O15S. The first-order valence-electron chi connectivity index (χ1n) is 19.8. The Kier molecular flexibility index (Phi) is 16.4. The van der Waals surface area contributed by atoms with E-state index in [-0.39, 0.29) is 101 Å². The van der Waals surface area contributed by atoms with E-state index in [0.29, 0.717) is 31.6 Å². The molecule has 0 radical (unpaired) electrons. The average Bonchev–Trinajstić information content (AvgIpc) is 3.80. The second kappa shape index (κ2) is 22.1. The number of nitrogens with zero attached hydrogens (tertiary/aromatic N) is 5. The molecule has 4 heterocycles. The summed E-state index contributed by atoms with van der Waals surface area (Å²) in [6.07, 6.45) is -3.73. The zero-order valence-electron chi connectivity index (χ0n) is 34.9. The van der Waals surface area contributed by atoms with E-state index in [2.05, 4.69) is 20.4 Å². The zero-order valence-corrected chi connectivity index (χ0v) is 35.7. The molecule has 352 valence electrons. The number of halogens is 3. The number of methoxy groups -OCH3 is 2. The quantitative estimate of drug-likeness (QED) is 0.0673. The van der Waals surface area contributed by atoms with Gasteiger partial charge in [-0.15, -0.1) is 5.10 Å². The van der Waals surface area contributed by atoms with Gasteiger partial charge in [0.25, 0.3) is 27.8 Å². The van der Waals surface area contributed by atoms with E-state index in [9.17, 15) is 40.8 Å². The van der Waals surface area contributed by atoms with Crippen LogP contribution in [0.25, 0.3) is 5.65 Å². The second-order valence-corrected chi connectivity index (χ2v) is 15.3. The standard InChI is InChI=1S/C39H44F3N7O15S/c1-56-30-23-43-38(57-2)49-33(30)45-37(46-49)47-65(54,55)32-27(39(40,41)42)4-3-5-29(32)64-21-19-62-17-15-60-13-11-58-10-12-59-14-16-61-18-20-63-24-6-7-25-26(22-24)36(53)48(35(25)52)28-8-9-31(50)44-34(28)51/h3-7,22-23,28H,8-21H2,1-2H3,(H,46,47)(H,44,50,51). The van der Waals surface area contributed by atoms with Gasteiger partial charge in [-0.2, -0.15) is 27.7 Å².